The molecular weight excluding hydrogens is 288 g/mol. The summed E-state index contributed by atoms with van der Waals surface area (Å²) in [4.78, 5) is 9.46. The minimum absolute atomic E-state index is 0.441. The third kappa shape index (κ3) is 2.48. The molecular formula is C14H12N4S2. The van der Waals surface area contributed by atoms with Gasteiger partial charge >= 0.3 is 0 Å². The van der Waals surface area contributed by atoms with Crippen molar-refractivity contribution in [2.75, 3.05) is 5.73 Å². The van der Waals surface area contributed by atoms with Crippen LogP contribution in [0.4, 0.5) is 10.8 Å². The molecule has 2 aromatic rings. The molecule has 0 saturated heterocycles. The molecule has 20 heavy (non-hydrogen) atoms. The van der Waals surface area contributed by atoms with Crippen molar-refractivity contribution in [2.24, 2.45) is 10.7 Å². The van der Waals surface area contributed by atoms with E-state index in [4.69, 9.17) is 23.7 Å². The lowest BCUT2D eigenvalue weighted by Gasteiger charge is -2.09. The average Bonchev–Trinajstić information content (AvgIpc) is 2.78. The van der Waals surface area contributed by atoms with Crippen molar-refractivity contribution in [2.45, 2.75) is 6.42 Å². The first-order valence-electron chi connectivity index (χ1n) is 6.04. The number of nitrogen functional groups attached to an aromatic ring is 1. The zero-order valence-electron chi connectivity index (χ0n) is 10.5. The van der Waals surface area contributed by atoms with Gasteiger partial charge in [0.05, 0.1) is 15.9 Å². The van der Waals surface area contributed by atoms with E-state index in [9.17, 15) is 0 Å². The molecule has 0 saturated carbocycles. The van der Waals surface area contributed by atoms with Crippen molar-refractivity contribution in [3.63, 3.8) is 0 Å². The minimum atomic E-state index is 0.441. The third-order valence-electron chi connectivity index (χ3n) is 2.92. The van der Waals surface area contributed by atoms with Gasteiger partial charge in [-0.1, -0.05) is 41.8 Å². The SMILES string of the molecule is NC(=Nc1ccc2nc(N)sc2c1)C1=CC=CCC1=S. The number of benzene rings is 1. The van der Waals surface area contributed by atoms with Crippen LogP contribution in [0.25, 0.3) is 10.2 Å². The molecule has 0 aliphatic heterocycles. The van der Waals surface area contributed by atoms with Crippen molar-refractivity contribution < 1.29 is 0 Å². The number of allylic oxidation sites excluding steroid dienone is 3. The van der Waals surface area contributed by atoms with Gasteiger partial charge in [-0.25, -0.2) is 9.98 Å². The summed E-state index contributed by atoms with van der Waals surface area (Å²) < 4.78 is 0.997. The Labute approximate surface area is 125 Å². The molecule has 0 radical (unpaired) electrons. The maximum absolute atomic E-state index is 6.04. The number of amidine groups is 1. The van der Waals surface area contributed by atoms with E-state index in [0.717, 1.165) is 32.8 Å². The molecule has 1 aromatic heterocycles. The van der Waals surface area contributed by atoms with E-state index < -0.39 is 0 Å². The summed E-state index contributed by atoms with van der Waals surface area (Å²) in [5.41, 5.74) is 14.2. The standard InChI is InChI=1S/C14H12N4S2/c15-13(9-3-1-2-4-11(9)19)17-8-5-6-10-12(7-8)20-14(16)18-10/h1-3,5-7H,4H2,(H2,15,17)(H2,16,18). The van der Waals surface area contributed by atoms with Crippen LogP contribution < -0.4 is 11.5 Å². The summed E-state index contributed by atoms with van der Waals surface area (Å²) in [6.45, 7) is 0. The fourth-order valence-corrected chi connectivity index (χ4v) is 3.01. The second-order valence-corrected chi connectivity index (χ2v) is 5.89. The molecule has 1 heterocycles. The first-order valence-corrected chi connectivity index (χ1v) is 7.26. The summed E-state index contributed by atoms with van der Waals surface area (Å²) in [6, 6.07) is 5.69. The van der Waals surface area contributed by atoms with Gasteiger partial charge in [0.15, 0.2) is 5.13 Å². The Hall–Kier alpha value is -2.05. The van der Waals surface area contributed by atoms with Crippen LogP contribution in [0.1, 0.15) is 6.42 Å². The van der Waals surface area contributed by atoms with Gasteiger partial charge in [0, 0.05) is 16.9 Å². The Morgan fingerprint density at radius 3 is 3.05 bits per heavy atom. The predicted octanol–water partition coefficient (Wildman–Crippen LogP) is 3.12. The van der Waals surface area contributed by atoms with E-state index in [-0.39, 0.29) is 0 Å². The lowest BCUT2D eigenvalue weighted by atomic mass is 10.0. The van der Waals surface area contributed by atoms with Crippen LogP contribution in [0.3, 0.4) is 0 Å². The number of hydrogen-bond acceptors (Lipinski definition) is 5. The molecule has 0 bridgehead atoms. The number of anilines is 1. The first kappa shape index (κ1) is 13.0. The maximum atomic E-state index is 6.04. The molecule has 0 atom stereocenters. The Kier molecular flexibility index (Phi) is 3.33. The van der Waals surface area contributed by atoms with Gasteiger partial charge in [-0.3, -0.25) is 0 Å². The van der Waals surface area contributed by atoms with Crippen LogP contribution in [0.15, 0.2) is 47.0 Å². The molecule has 0 amide bonds. The second-order valence-electron chi connectivity index (χ2n) is 4.34. The highest BCUT2D eigenvalue weighted by Gasteiger charge is 2.11. The highest BCUT2D eigenvalue weighted by molar-refractivity contribution is 7.81. The zero-order valence-corrected chi connectivity index (χ0v) is 12.2. The third-order valence-corrected chi connectivity index (χ3v) is 4.15. The van der Waals surface area contributed by atoms with Crippen LogP contribution in [-0.2, 0) is 0 Å². The van der Waals surface area contributed by atoms with E-state index in [1.807, 2.05) is 36.4 Å². The van der Waals surface area contributed by atoms with Crippen LogP contribution in [0.2, 0.25) is 0 Å². The molecule has 0 unspecified atom stereocenters. The summed E-state index contributed by atoms with van der Waals surface area (Å²) in [5.74, 6) is 0.441. The molecule has 0 spiro atoms. The van der Waals surface area contributed by atoms with E-state index >= 15 is 0 Å². The number of thiocarbonyl (C=S) groups is 1. The molecule has 3 rings (SSSR count). The average molecular weight is 300 g/mol. The van der Waals surface area contributed by atoms with Crippen LogP contribution in [0, 0.1) is 0 Å². The van der Waals surface area contributed by atoms with Gasteiger partial charge in [-0.15, -0.1) is 0 Å². The van der Waals surface area contributed by atoms with Gasteiger partial charge < -0.3 is 11.5 Å². The van der Waals surface area contributed by atoms with Gasteiger partial charge in [0.2, 0.25) is 0 Å². The molecule has 6 heteroatoms. The number of rotatable bonds is 2. The molecule has 1 aromatic carbocycles. The first-order chi connectivity index (χ1) is 9.63. The molecule has 4 nitrogen and oxygen atoms in total. The molecule has 1 aliphatic rings. The molecule has 0 fully saturated rings. The number of fused-ring (bicyclic) bond motifs is 1. The van der Waals surface area contributed by atoms with Crippen molar-refractivity contribution in [1.82, 2.24) is 4.98 Å². The largest absolute Gasteiger partial charge is 0.383 e. The van der Waals surface area contributed by atoms with Crippen molar-refractivity contribution in [3.05, 3.63) is 42.0 Å². The lowest BCUT2D eigenvalue weighted by molar-refractivity contribution is 1.43. The monoisotopic (exact) mass is 300 g/mol. The number of nitrogens with zero attached hydrogens (tertiary/aromatic N) is 2. The van der Waals surface area contributed by atoms with Gasteiger partial charge in [-0.2, -0.15) is 0 Å². The van der Waals surface area contributed by atoms with Crippen molar-refractivity contribution >= 4 is 55.3 Å². The van der Waals surface area contributed by atoms with Crippen molar-refractivity contribution in [1.29, 1.82) is 0 Å². The van der Waals surface area contributed by atoms with E-state index in [0.29, 0.717) is 11.0 Å². The summed E-state index contributed by atoms with van der Waals surface area (Å²) in [6.07, 6.45) is 6.58. The minimum Gasteiger partial charge on any atom is -0.383 e. The second kappa shape index (κ2) is 5.15. The van der Waals surface area contributed by atoms with E-state index in [1.165, 1.54) is 11.3 Å². The van der Waals surface area contributed by atoms with Crippen LogP contribution in [0.5, 0.6) is 0 Å². The predicted molar refractivity (Wildman–Crippen MR) is 89.8 cm³/mol. The fourth-order valence-electron chi connectivity index (χ4n) is 1.97. The Bertz CT molecular complexity index is 784. The Balaban J connectivity index is 1.98. The van der Waals surface area contributed by atoms with Gasteiger partial charge in [0.25, 0.3) is 0 Å². The van der Waals surface area contributed by atoms with Gasteiger partial charge in [0.1, 0.15) is 5.84 Å². The smallest absolute Gasteiger partial charge is 0.181 e. The normalized spacial score (nSPS) is 15.7. The maximum Gasteiger partial charge on any atom is 0.181 e. The number of thiazole rings is 1. The van der Waals surface area contributed by atoms with Crippen molar-refractivity contribution in [3.8, 4) is 0 Å². The Morgan fingerprint density at radius 2 is 2.25 bits per heavy atom. The molecule has 100 valence electrons. The lowest BCUT2D eigenvalue weighted by Crippen LogP contribution is -2.20. The van der Waals surface area contributed by atoms with Crippen LogP contribution in [-0.4, -0.2) is 15.7 Å². The summed E-state index contributed by atoms with van der Waals surface area (Å²) in [7, 11) is 0. The highest BCUT2D eigenvalue weighted by atomic mass is 32.1. The van der Waals surface area contributed by atoms with Gasteiger partial charge in [-0.05, 0) is 18.2 Å². The number of hydrogen-bond donors (Lipinski definition) is 2. The Morgan fingerprint density at radius 1 is 1.40 bits per heavy atom. The summed E-state index contributed by atoms with van der Waals surface area (Å²) >= 11 is 6.73. The van der Waals surface area contributed by atoms with E-state index in [1.54, 1.807) is 0 Å². The molecule has 1 aliphatic carbocycles. The quantitative estimate of drug-likeness (QED) is 0.507. The van der Waals surface area contributed by atoms with Crippen LogP contribution >= 0.6 is 23.6 Å². The van der Waals surface area contributed by atoms with E-state index in [2.05, 4.69) is 9.98 Å². The zero-order chi connectivity index (χ0) is 14.1. The molecule has 4 N–H and O–H groups in total. The number of nitrogens with two attached hydrogens (primary N) is 2. The summed E-state index contributed by atoms with van der Waals surface area (Å²) in [5, 5.41) is 0.551. The topological polar surface area (TPSA) is 77.3 Å². The fraction of sp³-hybridized carbons (Fsp3) is 0.0714. The number of aliphatic imine (C=N–C) groups is 1. The number of aromatic nitrogens is 1. The highest BCUT2D eigenvalue weighted by Crippen LogP contribution is 2.28.